The summed E-state index contributed by atoms with van der Waals surface area (Å²) in [6, 6.07) is 12.9. The van der Waals surface area contributed by atoms with Gasteiger partial charge < -0.3 is 15.5 Å². The van der Waals surface area contributed by atoms with Crippen molar-refractivity contribution in [2.45, 2.75) is 6.42 Å². The quantitative estimate of drug-likeness (QED) is 0.506. The van der Waals surface area contributed by atoms with Gasteiger partial charge in [0.05, 0.1) is 21.4 Å². The Hall–Kier alpha value is -2.41. The zero-order valence-corrected chi connectivity index (χ0v) is 17.3. The average molecular weight is 417 g/mol. The highest BCUT2D eigenvalue weighted by Crippen LogP contribution is 2.28. The Morgan fingerprint density at radius 3 is 2.54 bits per heavy atom. The monoisotopic (exact) mass is 416 g/mol. The normalized spacial score (nSPS) is 10.9. The fourth-order valence-corrected chi connectivity index (χ4v) is 2.85. The second kappa shape index (κ2) is 9.68. The Labute approximate surface area is 174 Å². The van der Waals surface area contributed by atoms with Crippen LogP contribution in [-0.4, -0.2) is 47.0 Å². The molecule has 0 bridgehead atoms. The summed E-state index contributed by atoms with van der Waals surface area (Å²) in [4.78, 5) is 15.7. The molecule has 0 unspecified atom stereocenters. The van der Waals surface area contributed by atoms with E-state index in [1.807, 2.05) is 30.3 Å². The molecule has 3 aromatic rings. The summed E-state index contributed by atoms with van der Waals surface area (Å²) >= 11 is 12.1. The maximum atomic E-state index is 6.12. The number of hydrogen-bond acceptors (Lipinski definition) is 6. The fraction of sp³-hybridized carbons (Fsp3) is 0.250. The average Bonchev–Trinajstić information content (AvgIpc) is 2.68. The standard InChI is InChI=1S/C20H22Cl2N6/c1-28(2)11-5-10-24-20-26-18(17-6-3-4-9-23-17)13-19(27-20)25-14-7-8-15(21)16(22)12-14/h3-4,6-9,12-13H,5,10-11H2,1-2H3,(H2,24,25,26,27). The van der Waals surface area contributed by atoms with E-state index in [0.29, 0.717) is 21.8 Å². The second-order valence-electron chi connectivity index (χ2n) is 6.51. The SMILES string of the molecule is CN(C)CCCNc1nc(Nc2ccc(Cl)c(Cl)c2)cc(-c2ccccn2)n1. The summed E-state index contributed by atoms with van der Waals surface area (Å²) in [6.07, 6.45) is 2.73. The van der Waals surface area contributed by atoms with Gasteiger partial charge in [0.1, 0.15) is 5.82 Å². The molecule has 2 heterocycles. The molecule has 0 fully saturated rings. The number of anilines is 3. The molecule has 2 N–H and O–H groups in total. The molecule has 1 aromatic carbocycles. The highest BCUT2D eigenvalue weighted by Gasteiger charge is 2.09. The Kier molecular flexibility index (Phi) is 7.03. The minimum Gasteiger partial charge on any atom is -0.354 e. The van der Waals surface area contributed by atoms with Crippen LogP contribution in [0.3, 0.4) is 0 Å². The van der Waals surface area contributed by atoms with Crippen molar-refractivity contribution in [3.05, 3.63) is 58.7 Å². The van der Waals surface area contributed by atoms with E-state index in [0.717, 1.165) is 36.6 Å². The predicted octanol–water partition coefficient (Wildman–Crippen LogP) is 4.95. The van der Waals surface area contributed by atoms with Crippen LogP contribution in [0.2, 0.25) is 10.0 Å². The molecule has 146 valence electrons. The van der Waals surface area contributed by atoms with Crippen LogP contribution in [0.1, 0.15) is 6.42 Å². The molecule has 0 aliphatic heterocycles. The van der Waals surface area contributed by atoms with E-state index in [-0.39, 0.29) is 0 Å². The van der Waals surface area contributed by atoms with Crippen molar-refractivity contribution in [1.29, 1.82) is 0 Å². The summed E-state index contributed by atoms with van der Waals surface area (Å²) < 4.78 is 0. The molecule has 0 saturated heterocycles. The molecule has 0 atom stereocenters. The van der Waals surface area contributed by atoms with Gasteiger partial charge in [-0.3, -0.25) is 4.98 Å². The topological polar surface area (TPSA) is 66.0 Å². The van der Waals surface area contributed by atoms with Gasteiger partial charge in [-0.25, -0.2) is 4.98 Å². The number of rotatable bonds is 8. The van der Waals surface area contributed by atoms with Gasteiger partial charge in [0.15, 0.2) is 0 Å². The summed E-state index contributed by atoms with van der Waals surface area (Å²) in [5.41, 5.74) is 2.30. The van der Waals surface area contributed by atoms with E-state index < -0.39 is 0 Å². The summed E-state index contributed by atoms with van der Waals surface area (Å²) in [7, 11) is 4.11. The largest absolute Gasteiger partial charge is 0.354 e. The number of halogens is 2. The number of pyridine rings is 1. The molecule has 0 amide bonds. The molecule has 0 spiro atoms. The van der Waals surface area contributed by atoms with Crippen LogP contribution >= 0.6 is 23.2 Å². The van der Waals surface area contributed by atoms with E-state index in [1.165, 1.54) is 0 Å². The number of benzene rings is 1. The lowest BCUT2D eigenvalue weighted by Gasteiger charge is -2.13. The molecule has 0 aliphatic carbocycles. The van der Waals surface area contributed by atoms with Gasteiger partial charge in [-0.05, 0) is 57.4 Å². The van der Waals surface area contributed by atoms with E-state index in [4.69, 9.17) is 23.2 Å². The molecule has 3 rings (SSSR count). The Balaban J connectivity index is 1.85. The number of hydrogen-bond donors (Lipinski definition) is 2. The van der Waals surface area contributed by atoms with Crippen molar-refractivity contribution >= 4 is 40.7 Å². The van der Waals surface area contributed by atoms with Crippen molar-refractivity contribution in [1.82, 2.24) is 19.9 Å². The van der Waals surface area contributed by atoms with Crippen LogP contribution in [0.5, 0.6) is 0 Å². The van der Waals surface area contributed by atoms with E-state index >= 15 is 0 Å². The number of nitrogens with zero attached hydrogens (tertiary/aromatic N) is 4. The lowest BCUT2D eigenvalue weighted by atomic mass is 10.2. The van der Waals surface area contributed by atoms with Crippen LogP contribution in [0.4, 0.5) is 17.5 Å². The van der Waals surface area contributed by atoms with Crippen LogP contribution in [-0.2, 0) is 0 Å². The van der Waals surface area contributed by atoms with Crippen molar-refractivity contribution in [3.63, 3.8) is 0 Å². The molecule has 28 heavy (non-hydrogen) atoms. The van der Waals surface area contributed by atoms with Gasteiger partial charge in [-0.2, -0.15) is 4.98 Å². The van der Waals surface area contributed by atoms with Crippen LogP contribution in [0.15, 0.2) is 48.7 Å². The molecule has 8 heteroatoms. The van der Waals surface area contributed by atoms with Crippen molar-refractivity contribution < 1.29 is 0 Å². The molecular weight excluding hydrogens is 395 g/mol. The number of aromatic nitrogens is 3. The number of nitrogens with one attached hydrogen (secondary N) is 2. The smallest absolute Gasteiger partial charge is 0.225 e. The van der Waals surface area contributed by atoms with Crippen molar-refractivity contribution in [2.24, 2.45) is 0 Å². The first kappa shape index (κ1) is 20.3. The first-order valence-electron chi connectivity index (χ1n) is 8.92. The summed E-state index contributed by atoms with van der Waals surface area (Å²) in [5, 5.41) is 7.54. The van der Waals surface area contributed by atoms with Gasteiger partial charge in [-0.1, -0.05) is 29.3 Å². The Morgan fingerprint density at radius 2 is 1.82 bits per heavy atom. The summed E-state index contributed by atoms with van der Waals surface area (Å²) in [5.74, 6) is 1.19. The maximum absolute atomic E-state index is 6.12. The highest BCUT2D eigenvalue weighted by molar-refractivity contribution is 6.42. The molecule has 6 nitrogen and oxygen atoms in total. The minimum absolute atomic E-state index is 0.479. The second-order valence-corrected chi connectivity index (χ2v) is 7.33. The van der Waals surface area contributed by atoms with Gasteiger partial charge in [-0.15, -0.1) is 0 Å². The maximum Gasteiger partial charge on any atom is 0.225 e. The first-order valence-corrected chi connectivity index (χ1v) is 9.68. The molecule has 2 aromatic heterocycles. The Bertz CT molecular complexity index is 918. The zero-order valence-electron chi connectivity index (χ0n) is 15.8. The fourth-order valence-electron chi connectivity index (χ4n) is 2.55. The molecular formula is C20H22Cl2N6. The van der Waals surface area contributed by atoms with Crippen LogP contribution < -0.4 is 10.6 Å². The van der Waals surface area contributed by atoms with E-state index in [2.05, 4.69) is 44.6 Å². The van der Waals surface area contributed by atoms with Crippen LogP contribution in [0.25, 0.3) is 11.4 Å². The molecule has 0 radical (unpaired) electrons. The minimum atomic E-state index is 0.479. The third-order valence-corrected chi connectivity index (χ3v) is 4.65. The first-order chi connectivity index (χ1) is 13.5. The lowest BCUT2D eigenvalue weighted by Crippen LogP contribution is -2.17. The lowest BCUT2D eigenvalue weighted by molar-refractivity contribution is 0.405. The third kappa shape index (κ3) is 5.79. The zero-order chi connectivity index (χ0) is 19.9. The predicted molar refractivity (Wildman–Crippen MR) is 117 cm³/mol. The van der Waals surface area contributed by atoms with Gasteiger partial charge in [0, 0.05) is 24.5 Å². The Morgan fingerprint density at radius 1 is 0.964 bits per heavy atom. The van der Waals surface area contributed by atoms with E-state index in [9.17, 15) is 0 Å². The van der Waals surface area contributed by atoms with Crippen molar-refractivity contribution in [2.75, 3.05) is 37.8 Å². The van der Waals surface area contributed by atoms with Crippen molar-refractivity contribution in [3.8, 4) is 11.4 Å². The highest BCUT2D eigenvalue weighted by atomic mass is 35.5. The van der Waals surface area contributed by atoms with Gasteiger partial charge in [0.2, 0.25) is 5.95 Å². The van der Waals surface area contributed by atoms with Gasteiger partial charge >= 0.3 is 0 Å². The molecule has 0 saturated carbocycles. The summed E-state index contributed by atoms with van der Waals surface area (Å²) in [6.45, 7) is 1.76. The van der Waals surface area contributed by atoms with Gasteiger partial charge in [0.25, 0.3) is 0 Å². The van der Waals surface area contributed by atoms with Crippen LogP contribution in [0, 0.1) is 0 Å². The van der Waals surface area contributed by atoms with E-state index in [1.54, 1.807) is 18.3 Å². The third-order valence-electron chi connectivity index (χ3n) is 3.91. The molecule has 0 aliphatic rings.